The summed E-state index contributed by atoms with van der Waals surface area (Å²) in [7, 11) is 0. The van der Waals surface area contributed by atoms with Crippen LogP contribution < -0.4 is 0 Å². The average molecular weight is 571 g/mol. The summed E-state index contributed by atoms with van der Waals surface area (Å²) in [5.74, 6) is -0.650. The van der Waals surface area contributed by atoms with E-state index < -0.39 is 0 Å². The van der Waals surface area contributed by atoms with Gasteiger partial charge in [-0.25, -0.2) is 0 Å². The summed E-state index contributed by atoms with van der Waals surface area (Å²) in [4.78, 5) is 23.8. The van der Waals surface area contributed by atoms with Gasteiger partial charge in [-0.05, 0) is 12.8 Å². The van der Waals surface area contributed by atoms with Crippen LogP contribution in [0.1, 0.15) is 206 Å². The monoisotopic (exact) mass is 570 g/mol. The molecule has 224 valence electrons. The molecule has 0 heterocycles. The van der Waals surface area contributed by atoms with Crippen LogP contribution in [0.25, 0.3) is 0 Å². The molecule has 0 saturated heterocycles. The summed E-state index contributed by atoms with van der Waals surface area (Å²) in [5.41, 5.74) is 0. The molecule has 0 aliphatic heterocycles. The Morgan fingerprint density at radius 3 is 0.718 bits per heavy atom. The zero-order valence-electron chi connectivity index (χ0n) is 25.4. The minimum atomic E-state index is -0.325. The van der Waals surface area contributed by atoms with Crippen molar-refractivity contribution in [1.29, 1.82) is 0 Å². The van der Waals surface area contributed by atoms with Gasteiger partial charge in [-0.15, -0.1) is 0 Å². The third kappa shape index (κ3) is 39.1. The van der Waals surface area contributed by atoms with E-state index in [1.807, 2.05) is 0 Å². The summed E-state index contributed by atoms with van der Waals surface area (Å²) >= 11 is 0. The number of unbranched alkanes of at least 4 members (excludes halogenated alkanes) is 26. The normalized spacial score (nSPS) is 10.6. The van der Waals surface area contributed by atoms with E-state index in [2.05, 4.69) is 13.8 Å². The average Bonchev–Trinajstić information content (AvgIpc) is 2.89. The number of carbonyl (C=O) groups is 2. The van der Waals surface area contributed by atoms with Crippen molar-refractivity contribution in [3.05, 3.63) is 0 Å². The summed E-state index contributed by atoms with van der Waals surface area (Å²) in [6, 6.07) is 0. The van der Waals surface area contributed by atoms with Crippen LogP contribution in [0.15, 0.2) is 0 Å². The molecule has 0 N–H and O–H groups in total. The number of ether oxygens (including phenoxy) is 1. The quantitative estimate of drug-likeness (QED) is 0.0373. The van der Waals surface area contributed by atoms with E-state index in [0.29, 0.717) is 12.8 Å². The Hall–Kier alpha value is 1.14. The van der Waals surface area contributed by atoms with Gasteiger partial charge in [0.05, 0.1) is 0 Å². The number of esters is 2. The molecule has 0 aliphatic rings. The molecular weight excluding hydrogens is 502 g/mol. The number of hydrogen-bond acceptors (Lipinski definition) is 3. The van der Waals surface area contributed by atoms with Crippen molar-refractivity contribution in [2.24, 2.45) is 0 Å². The Morgan fingerprint density at radius 1 is 0.333 bits per heavy atom. The molecule has 0 unspecified atom stereocenters. The van der Waals surface area contributed by atoms with Gasteiger partial charge in [-0.3, -0.25) is 9.59 Å². The number of carbonyl (C=O) groups excluding carboxylic acids is 2. The van der Waals surface area contributed by atoms with E-state index in [9.17, 15) is 9.59 Å². The fraction of sp³-hybridized carbons (Fsp3) is 0.941. The van der Waals surface area contributed by atoms with Crippen LogP contribution >= 0.6 is 0 Å². The Morgan fingerprint density at radius 2 is 0.513 bits per heavy atom. The molecule has 0 fully saturated rings. The van der Waals surface area contributed by atoms with Crippen molar-refractivity contribution in [2.75, 3.05) is 0 Å². The fourth-order valence-electron chi connectivity index (χ4n) is 5.16. The maximum atomic E-state index is 11.9. The van der Waals surface area contributed by atoms with Crippen LogP contribution in [0.5, 0.6) is 0 Å². The Kier molecular flexibility index (Phi) is 44.7. The molecule has 5 heteroatoms. The van der Waals surface area contributed by atoms with E-state index in [1.165, 1.54) is 154 Å². The molecule has 0 aliphatic carbocycles. The van der Waals surface area contributed by atoms with Crippen LogP contribution in [-0.4, -0.2) is 71.1 Å². The summed E-state index contributed by atoms with van der Waals surface area (Å²) in [6.07, 6.45) is 37.2. The summed E-state index contributed by atoms with van der Waals surface area (Å²) in [5, 5.41) is 0. The Labute approximate surface area is 289 Å². The van der Waals surface area contributed by atoms with Gasteiger partial charge in [0.15, 0.2) is 0 Å². The van der Waals surface area contributed by atoms with Crippen LogP contribution in [0, 0.1) is 0 Å². The molecule has 0 bridgehead atoms. The third-order valence-electron chi connectivity index (χ3n) is 7.70. The summed E-state index contributed by atoms with van der Waals surface area (Å²) in [6.45, 7) is 4.55. The molecule has 0 aromatic carbocycles. The second-order valence-electron chi connectivity index (χ2n) is 11.5. The van der Waals surface area contributed by atoms with Crippen molar-refractivity contribution in [2.45, 2.75) is 206 Å². The minimum absolute atomic E-state index is 0. The van der Waals surface area contributed by atoms with Crippen LogP contribution in [0.4, 0.5) is 0 Å². The van der Waals surface area contributed by atoms with Crippen molar-refractivity contribution < 1.29 is 14.3 Å². The topological polar surface area (TPSA) is 43.4 Å². The third-order valence-corrected chi connectivity index (χ3v) is 7.70. The molecular formula is C34H68Na2O3. The van der Waals surface area contributed by atoms with E-state index in [-0.39, 0.29) is 71.1 Å². The van der Waals surface area contributed by atoms with E-state index in [0.717, 1.165) is 25.7 Å². The fourth-order valence-corrected chi connectivity index (χ4v) is 5.16. The van der Waals surface area contributed by atoms with E-state index >= 15 is 0 Å². The van der Waals surface area contributed by atoms with Gasteiger partial charge in [0, 0.05) is 12.8 Å². The first kappa shape index (κ1) is 44.6. The molecule has 0 rings (SSSR count). The predicted molar refractivity (Wildman–Crippen MR) is 175 cm³/mol. The predicted octanol–water partition coefficient (Wildman–Crippen LogP) is 10.5. The number of rotatable bonds is 30. The molecule has 3 nitrogen and oxygen atoms in total. The Balaban J connectivity index is -0.00000648. The van der Waals surface area contributed by atoms with Crippen molar-refractivity contribution >= 4 is 71.1 Å². The second kappa shape index (κ2) is 39.1. The van der Waals surface area contributed by atoms with Crippen LogP contribution in [0.3, 0.4) is 0 Å². The van der Waals surface area contributed by atoms with Crippen LogP contribution in [0.2, 0.25) is 0 Å². The van der Waals surface area contributed by atoms with Crippen LogP contribution in [-0.2, 0) is 14.3 Å². The molecule has 0 atom stereocenters. The maximum absolute atomic E-state index is 11.9. The van der Waals surface area contributed by atoms with Gasteiger partial charge >= 0.3 is 71.1 Å². The van der Waals surface area contributed by atoms with Gasteiger partial charge in [0.1, 0.15) is 0 Å². The zero-order chi connectivity index (χ0) is 27.1. The standard InChI is InChI=1S/C34H66O3.2Na.2H/c1-3-5-7-9-11-13-15-17-18-20-22-24-26-28-30-32-34(36)37-33(35)31-29-27-25-23-21-19-16-14-12-10-8-6-4-2;;;;/h3-32H2,1-2H3;;;;. The van der Waals surface area contributed by atoms with Gasteiger partial charge in [0.25, 0.3) is 0 Å². The van der Waals surface area contributed by atoms with Gasteiger partial charge in [-0.2, -0.15) is 0 Å². The van der Waals surface area contributed by atoms with E-state index in [1.54, 1.807) is 0 Å². The van der Waals surface area contributed by atoms with Crippen molar-refractivity contribution in [3.63, 3.8) is 0 Å². The second-order valence-corrected chi connectivity index (χ2v) is 11.5. The molecule has 0 saturated carbocycles. The Bertz CT molecular complexity index is 485. The molecule has 0 radical (unpaired) electrons. The van der Waals surface area contributed by atoms with Gasteiger partial charge in [-0.1, -0.05) is 181 Å². The first-order valence-electron chi connectivity index (χ1n) is 16.9. The zero-order valence-corrected chi connectivity index (χ0v) is 25.4. The summed E-state index contributed by atoms with van der Waals surface area (Å²) < 4.78 is 5.00. The molecule has 39 heavy (non-hydrogen) atoms. The SMILES string of the molecule is CCCCCCCCCCCCCCCCCC(=O)OC(=O)CCCCCCCCCCCCCCC.[NaH].[NaH]. The first-order valence-corrected chi connectivity index (χ1v) is 16.9. The first-order chi connectivity index (χ1) is 18.2. The molecule has 0 amide bonds. The van der Waals surface area contributed by atoms with Gasteiger partial charge in [0.2, 0.25) is 0 Å². The van der Waals surface area contributed by atoms with E-state index in [4.69, 9.17) is 4.74 Å². The number of hydrogen-bond donors (Lipinski definition) is 0. The van der Waals surface area contributed by atoms with Gasteiger partial charge < -0.3 is 4.74 Å². The van der Waals surface area contributed by atoms with Crippen molar-refractivity contribution in [1.82, 2.24) is 0 Å². The molecule has 0 spiro atoms. The molecule has 0 aromatic rings. The molecule has 0 aromatic heterocycles. The van der Waals surface area contributed by atoms with Crippen molar-refractivity contribution in [3.8, 4) is 0 Å².